The first-order valence-electron chi connectivity index (χ1n) is 7.37. The number of hydrogen-bond acceptors (Lipinski definition) is 3. The summed E-state index contributed by atoms with van der Waals surface area (Å²) in [6, 6.07) is 7.14. The van der Waals surface area contributed by atoms with E-state index in [9.17, 15) is 13.2 Å². The van der Waals surface area contributed by atoms with Crippen LogP contribution >= 0.6 is 11.6 Å². The quantitative estimate of drug-likeness (QED) is 0.847. The van der Waals surface area contributed by atoms with Crippen LogP contribution in [0, 0.1) is 0 Å². The van der Waals surface area contributed by atoms with E-state index in [1.54, 1.807) is 37.8 Å². The lowest BCUT2D eigenvalue weighted by molar-refractivity contribution is -0.129. The molecule has 2 rings (SSSR count). The van der Waals surface area contributed by atoms with E-state index < -0.39 is 19.8 Å². The van der Waals surface area contributed by atoms with Gasteiger partial charge in [0.25, 0.3) is 0 Å². The summed E-state index contributed by atoms with van der Waals surface area (Å²) in [6.45, 7) is 5.93. The van der Waals surface area contributed by atoms with Crippen molar-refractivity contribution in [2.45, 2.75) is 43.6 Å². The van der Waals surface area contributed by atoms with Crippen molar-refractivity contribution < 1.29 is 13.2 Å². The van der Waals surface area contributed by atoms with Crippen molar-refractivity contribution in [3.05, 3.63) is 34.9 Å². The minimum absolute atomic E-state index is 0.0334. The number of likely N-dealkylation sites (tertiary alicyclic amines) is 1. The molecule has 6 heteroatoms. The maximum atomic E-state index is 12.5. The van der Waals surface area contributed by atoms with Gasteiger partial charge in [0.1, 0.15) is 0 Å². The van der Waals surface area contributed by atoms with Crippen LogP contribution in [0.15, 0.2) is 24.3 Å². The van der Waals surface area contributed by atoms with Crippen LogP contribution in [0.4, 0.5) is 0 Å². The van der Waals surface area contributed by atoms with Crippen LogP contribution in [0.25, 0.3) is 0 Å². The Balaban J connectivity index is 2.01. The highest BCUT2D eigenvalue weighted by atomic mass is 35.5. The highest BCUT2D eigenvalue weighted by Crippen LogP contribution is 2.27. The summed E-state index contributed by atoms with van der Waals surface area (Å²) in [6.07, 6.45) is 0.797. The first-order chi connectivity index (χ1) is 10.1. The number of sulfone groups is 1. The van der Waals surface area contributed by atoms with Crippen molar-refractivity contribution in [3.63, 3.8) is 0 Å². The van der Waals surface area contributed by atoms with Crippen LogP contribution in [0.5, 0.6) is 0 Å². The molecule has 1 saturated heterocycles. The average molecular weight is 344 g/mol. The molecule has 0 aromatic heterocycles. The molecule has 1 amide bonds. The largest absolute Gasteiger partial charge is 0.341 e. The molecular formula is C16H22ClNO3S. The molecule has 0 N–H and O–H groups in total. The van der Waals surface area contributed by atoms with Crippen LogP contribution < -0.4 is 0 Å². The van der Waals surface area contributed by atoms with E-state index >= 15 is 0 Å². The van der Waals surface area contributed by atoms with Crippen LogP contribution in [-0.4, -0.2) is 42.3 Å². The van der Waals surface area contributed by atoms with E-state index in [0.29, 0.717) is 24.5 Å². The number of nitrogens with zero attached hydrogens (tertiary/aromatic N) is 1. The van der Waals surface area contributed by atoms with E-state index in [0.717, 1.165) is 5.56 Å². The number of benzene rings is 1. The Morgan fingerprint density at radius 2 is 1.86 bits per heavy atom. The highest BCUT2D eigenvalue weighted by Gasteiger charge is 2.41. The molecule has 1 aromatic rings. The Morgan fingerprint density at radius 3 is 2.41 bits per heavy atom. The molecule has 0 bridgehead atoms. The second-order valence-corrected chi connectivity index (χ2v) is 10.1. The molecule has 0 aliphatic carbocycles. The summed E-state index contributed by atoms with van der Waals surface area (Å²) in [5.41, 5.74) is 0.886. The van der Waals surface area contributed by atoms with Crippen LogP contribution in [-0.2, 0) is 21.1 Å². The van der Waals surface area contributed by atoms with Gasteiger partial charge < -0.3 is 4.90 Å². The molecule has 4 nitrogen and oxygen atoms in total. The first kappa shape index (κ1) is 17.3. The number of halogens is 1. The van der Waals surface area contributed by atoms with Gasteiger partial charge in [0.15, 0.2) is 9.84 Å². The predicted octanol–water partition coefficient (Wildman–Crippen LogP) is 2.70. The molecule has 1 aromatic carbocycles. The Kier molecular flexibility index (Phi) is 4.87. The van der Waals surface area contributed by atoms with Crippen molar-refractivity contribution in [1.29, 1.82) is 0 Å². The Morgan fingerprint density at radius 1 is 1.27 bits per heavy atom. The fourth-order valence-corrected chi connectivity index (χ4v) is 4.51. The van der Waals surface area contributed by atoms with Crippen molar-refractivity contribution in [2.75, 3.05) is 13.1 Å². The fourth-order valence-electron chi connectivity index (χ4n) is 2.60. The zero-order valence-corrected chi connectivity index (χ0v) is 14.7. The van der Waals surface area contributed by atoms with Gasteiger partial charge >= 0.3 is 0 Å². The van der Waals surface area contributed by atoms with Gasteiger partial charge in [-0.05, 0) is 44.9 Å². The summed E-state index contributed by atoms with van der Waals surface area (Å²) < 4.78 is 24.1. The van der Waals surface area contributed by atoms with E-state index in [2.05, 4.69) is 0 Å². The summed E-state index contributed by atoms with van der Waals surface area (Å²) in [7, 11) is -3.23. The van der Waals surface area contributed by atoms with E-state index in [-0.39, 0.29) is 12.3 Å². The molecule has 1 aliphatic rings. The van der Waals surface area contributed by atoms with Gasteiger partial charge in [0, 0.05) is 18.1 Å². The summed E-state index contributed by atoms with van der Waals surface area (Å²) >= 11 is 5.83. The van der Waals surface area contributed by atoms with Gasteiger partial charge in [-0.1, -0.05) is 23.7 Å². The maximum absolute atomic E-state index is 12.5. The van der Waals surface area contributed by atoms with Crippen molar-refractivity contribution in [2.24, 2.45) is 0 Å². The standard InChI is InChI=1S/C16H22ClNO3S/c1-16(2,3)22(20,21)14-8-9-18(11-14)15(19)10-12-4-6-13(17)7-5-12/h4-7,14H,8-11H2,1-3H3/t14-/m1/s1. The fraction of sp³-hybridized carbons (Fsp3) is 0.562. The third kappa shape index (κ3) is 3.63. The van der Waals surface area contributed by atoms with E-state index in [1.165, 1.54) is 0 Å². The average Bonchev–Trinajstić information content (AvgIpc) is 2.90. The number of amides is 1. The lowest BCUT2D eigenvalue weighted by atomic mass is 10.1. The van der Waals surface area contributed by atoms with Gasteiger partial charge in [-0.15, -0.1) is 0 Å². The van der Waals surface area contributed by atoms with Gasteiger partial charge in [-0.3, -0.25) is 4.79 Å². The molecule has 0 spiro atoms. The summed E-state index contributed by atoms with van der Waals surface area (Å²) in [4.78, 5) is 14.0. The van der Waals surface area contributed by atoms with Gasteiger partial charge in [0.2, 0.25) is 5.91 Å². The molecule has 22 heavy (non-hydrogen) atoms. The molecule has 1 heterocycles. The van der Waals surface area contributed by atoms with Crippen molar-refractivity contribution >= 4 is 27.3 Å². The van der Waals surface area contributed by atoms with Crippen LogP contribution in [0.1, 0.15) is 32.8 Å². The molecule has 0 unspecified atom stereocenters. The minimum Gasteiger partial charge on any atom is -0.341 e. The number of carbonyl (C=O) groups is 1. The summed E-state index contributed by atoms with van der Waals surface area (Å²) in [5, 5.41) is 0.176. The smallest absolute Gasteiger partial charge is 0.227 e. The lowest BCUT2D eigenvalue weighted by Gasteiger charge is -2.24. The Bertz CT molecular complexity index is 647. The number of carbonyl (C=O) groups excluding carboxylic acids is 1. The minimum atomic E-state index is -3.23. The maximum Gasteiger partial charge on any atom is 0.227 e. The molecule has 1 fully saturated rings. The second-order valence-electron chi connectivity index (χ2n) is 6.71. The van der Waals surface area contributed by atoms with Crippen molar-refractivity contribution in [3.8, 4) is 0 Å². The second kappa shape index (κ2) is 6.20. The van der Waals surface area contributed by atoms with E-state index in [1.807, 2.05) is 12.1 Å². The van der Waals surface area contributed by atoms with Gasteiger partial charge in [0.05, 0.1) is 16.4 Å². The molecule has 122 valence electrons. The topological polar surface area (TPSA) is 54.5 Å². The number of rotatable bonds is 3. The lowest BCUT2D eigenvalue weighted by Crippen LogP contribution is -2.40. The highest BCUT2D eigenvalue weighted by molar-refractivity contribution is 7.93. The van der Waals surface area contributed by atoms with Gasteiger partial charge in [-0.25, -0.2) is 8.42 Å². The van der Waals surface area contributed by atoms with Crippen LogP contribution in [0.2, 0.25) is 5.02 Å². The zero-order chi connectivity index (χ0) is 16.5. The van der Waals surface area contributed by atoms with E-state index in [4.69, 9.17) is 11.6 Å². The Hall–Kier alpha value is -1.07. The SMILES string of the molecule is CC(C)(C)S(=O)(=O)[C@@H]1CCN(C(=O)Cc2ccc(Cl)cc2)C1. The molecule has 0 radical (unpaired) electrons. The third-order valence-electron chi connectivity index (χ3n) is 4.06. The molecule has 1 aliphatic heterocycles. The molecular weight excluding hydrogens is 322 g/mol. The predicted molar refractivity (Wildman–Crippen MR) is 88.8 cm³/mol. The monoisotopic (exact) mass is 343 g/mol. The van der Waals surface area contributed by atoms with Gasteiger partial charge in [-0.2, -0.15) is 0 Å². The normalized spacial score (nSPS) is 19.5. The first-order valence-corrected chi connectivity index (χ1v) is 9.29. The van der Waals surface area contributed by atoms with Crippen molar-refractivity contribution in [1.82, 2.24) is 4.90 Å². The summed E-state index contributed by atoms with van der Waals surface area (Å²) in [5.74, 6) is -0.0334. The number of hydrogen-bond donors (Lipinski definition) is 0. The molecule has 1 atom stereocenters. The Labute approximate surface area is 137 Å². The zero-order valence-electron chi connectivity index (χ0n) is 13.2. The third-order valence-corrected chi connectivity index (χ3v) is 7.28. The van der Waals surface area contributed by atoms with Crippen LogP contribution in [0.3, 0.4) is 0 Å². The molecule has 0 saturated carbocycles.